The van der Waals surface area contributed by atoms with Crippen molar-refractivity contribution < 1.29 is 32.2 Å². The van der Waals surface area contributed by atoms with Crippen molar-refractivity contribution in [2.24, 2.45) is 0 Å². The van der Waals surface area contributed by atoms with Gasteiger partial charge in [-0.2, -0.15) is 0 Å². The Bertz CT molecular complexity index is 162. The number of rotatable bonds is 2. The molecule has 3 heteroatoms. The van der Waals surface area contributed by atoms with Crippen LogP contribution in [-0.2, 0) is 32.2 Å². The summed E-state index contributed by atoms with van der Waals surface area (Å²) in [6.07, 6.45) is 6.86. The smallest absolute Gasteiger partial charge is 0.691 e. The third-order valence-electron chi connectivity index (χ3n) is 0.801. The maximum absolute atomic E-state index is 6.86. The average Bonchev–Trinajstić information content (AvgIpc) is 1.83. The van der Waals surface area contributed by atoms with Gasteiger partial charge in [0, 0.05) is 0 Å². The first-order chi connectivity index (χ1) is 4.77. The maximum atomic E-state index is 6.86. The quantitative estimate of drug-likeness (QED) is 0.250. The van der Waals surface area contributed by atoms with Crippen molar-refractivity contribution in [2.45, 2.75) is 45.8 Å². The van der Waals surface area contributed by atoms with Gasteiger partial charge in [0.2, 0.25) is 0 Å². The number of hydrogen-bond donors (Lipinski definition) is 0. The Labute approximate surface area is 90.4 Å². The first kappa shape index (κ1) is 14.7. The molecule has 0 saturated carbocycles. The van der Waals surface area contributed by atoms with E-state index in [1.807, 2.05) is 20.8 Å². The summed E-state index contributed by atoms with van der Waals surface area (Å²) in [5.41, 5.74) is -1.10. The van der Waals surface area contributed by atoms with Crippen molar-refractivity contribution in [1.82, 2.24) is 0 Å². The zero-order valence-corrected chi connectivity index (χ0v) is 9.60. The molecule has 0 amide bonds. The summed E-state index contributed by atoms with van der Waals surface area (Å²) in [7, 11) is 0. The van der Waals surface area contributed by atoms with Crippen molar-refractivity contribution in [3.8, 4) is 5.92 Å². The molecule has 2 nitrogen and oxygen atoms in total. The van der Waals surface area contributed by atoms with Crippen molar-refractivity contribution in [3.63, 3.8) is 0 Å². The molecule has 0 heterocycles. The van der Waals surface area contributed by atoms with Gasteiger partial charge in [0.15, 0.2) is 0 Å². The molecular weight excluding hydrogens is 248 g/mol. The van der Waals surface area contributed by atoms with E-state index in [0.717, 1.165) is 0 Å². The standard InChI is InChI=1S/C9H15O2.Ag/c1-7-9(5,6)11-10-8(2,3)4;/h2-6H3;/q-1;+1. The van der Waals surface area contributed by atoms with Crippen LogP contribution in [0.1, 0.15) is 34.6 Å². The molecule has 0 aliphatic heterocycles. The van der Waals surface area contributed by atoms with E-state index in [9.17, 15) is 0 Å². The van der Waals surface area contributed by atoms with E-state index in [4.69, 9.17) is 16.2 Å². The molecule has 0 N–H and O–H groups in total. The summed E-state index contributed by atoms with van der Waals surface area (Å²) in [5.74, 6) is 2.22. The summed E-state index contributed by atoms with van der Waals surface area (Å²) >= 11 is 0. The second-order valence-corrected chi connectivity index (χ2v) is 3.91. The molecule has 12 heavy (non-hydrogen) atoms. The van der Waals surface area contributed by atoms with Gasteiger partial charge in [-0.25, -0.2) is 9.78 Å². The first-order valence-corrected chi connectivity index (χ1v) is 3.57. The van der Waals surface area contributed by atoms with E-state index in [1.54, 1.807) is 13.8 Å². The van der Waals surface area contributed by atoms with E-state index < -0.39 is 5.60 Å². The summed E-state index contributed by atoms with van der Waals surface area (Å²) < 4.78 is 0. The van der Waals surface area contributed by atoms with Crippen LogP contribution in [0.15, 0.2) is 0 Å². The van der Waals surface area contributed by atoms with E-state index in [2.05, 4.69) is 5.92 Å². The molecular formula is C9H15AgO2. The monoisotopic (exact) mass is 262 g/mol. The van der Waals surface area contributed by atoms with Crippen LogP contribution < -0.4 is 0 Å². The molecule has 0 saturated heterocycles. The fourth-order valence-electron chi connectivity index (χ4n) is 0.250. The fourth-order valence-corrected chi connectivity index (χ4v) is 0.250. The molecule has 0 aliphatic rings. The summed E-state index contributed by atoms with van der Waals surface area (Å²) in [5, 5.41) is 0. The van der Waals surface area contributed by atoms with E-state index in [1.165, 1.54) is 0 Å². The minimum atomic E-state index is -0.757. The maximum Gasteiger partial charge on any atom is 1.00 e. The third kappa shape index (κ3) is 8.32. The van der Waals surface area contributed by atoms with Crippen LogP contribution in [0, 0.1) is 12.3 Å². The Balaban J connectivity index is 0. The third-order valence-corrected chi connectivity index (χ3v) is 0.801. The molecule has 0 aromatic rings. The van der Waals surface area contributed by atoms with Crippen LogP contribution in [0.25, 0.3) is 0 Å². The van der Waals surface area contributed by atoms with Gasteiger partial charge in [-0.3, -0.25) is 0 Å². The second kappa shape index (κ2) is 5.06. The van der Waals surface area contributed by atoms with Gasteiger partial charge in [0.25, 0.3) is 0 Å². The molecule has 0 rings (SSSR count). The Morgan fingerprint density at radius 3 is 1.67 bits per heavy atom. The minimum Gasteiger partial charge on any atom is -0.691 e. The molecule has 0 unspecified atom stereocenters. The van der Waals surface area contributed by atoms with Gasteiger partial charge in [-0.15, -0.1) is 0 Å². The van der Waals surface area contributed by atoms with E-state index >= 15 is 0 Å². The average molecular weight is 263 g/mol. The Morgan fingerprint density at radius 2 is 1.42 bits per heavy atom. The number of hydrogen-bond acceptors (Lipinski definition) is 2. The first-order valence-electron chi connectivity index (χ1n) is 3.57. The SMILES string of the molecule is [Ag+].[C-]#CC(C)(C)OOC(C)(C)C. The zero-order chi connectivity index (χ0) is 9.12. The van der Waals surface area contributed by atoms with Crippen LogP contribution >= 0.6 is 0 Å². The zero-order valence-electron chi connectivity index (χ0n) is 8.12. The molecule has 0 atom stereocenters. The molecule has 0 aromatic heterocycles. The van der Waals surface area contributed by atoms with Crippen molar-refractivity contribution in [1.29, 1.82) is 0 Å². The Morgan fingerprint density at radius 1 is 1.00 bits per heavy atom. The predicted octanol–water partition coefficient (Wildman–Crippen LogP) is 2.10. The molecule has 0 fully saturated rings. The van der Waals surface area contributed by atoms with Crippen molar-refractivity contribution in [3.05, 3.63) is 6.42 Å². The van der Waals surface area contributed by atoms with Crippen molar-refractivity contribution >= 4 is 0 Å². The summed E-state index contributed by atoms with van der Waals surface area (Å²) in [6, 6.07) is 0. The van der Waals surface area contributed by atoms with Crippen LogP contribution in [0.3, 0.4) is 0 Å². The fraction of sp³-hybridized carbons (Fsp3) is 0.778. The topological polar surface area (TPSA) is 18.5 Å². The van der Waals surface area contributed by atoms with Gasteiger partial charge >= 0.3 is 22.4 Å². The second-order valence-electron chi connectivity index (χ2n) is 3.91. The van der Waals surface area contributed by atoms with E-state index in [0.29, 0.717) is 0 Å². The van der Waals surface area contributed by atoms with Crippen molar-refractivity contribution in [2.75, 3.05) is 0 Å². The molecule has 0 aliphatic carbocycles. The summed E-state index contributed by atoms with van der Waals surface area (Å²) in [6.45, 7) is 9.07. The van der Waals surface area contributed by atoms with Crippen LogP contribution in [-0.4, -0.2) is 11.2 Å². The summed E-state index contributed by atoms with van der Waals surface area (Å²) in [4.78, 5) is 9.95. The van der Waals surface area contributed by atoms with Gasteiger partial charge in [0.05, 0.1) is 5.60 Å². The molecule has 0 spiro atoms. The Kier molecular flexibility index (Phi) is 6.21. The van der Waals surface area contributed by atoms with E-state index in [-0.39, 0.29) is 28.0 Å². The van der Waals surface area contributed by atoms with Gasteiger partial charge < -0.3 is 12.3 Å². The van der Waals surface area contributed by atoms with Gasteiger partial charge in [-0.1, -0.05) is 0 Å². The predicted molar refractivity (Wildman–Crippen MR) is 43.1 cm³/mol. The minimum absolute atomic E-state index is 0. The van der Waals surface area contributed by atoms with Crippen LogP contribution in [0.5, 0.6) is 0 Å². The Hall–Kier alpha value is 0.220. The van der Waals surface area contributed by atoms with Crippen LogP contribution in [0.4, 0.5) is 0 Å². The van der Waals surface area contributed by atoms with Gasteiger partial charge in [-0.05, 0) is 34.6 Å². The largest absolute Gasteiger partial charge is 1.00 e. The van der Waals surface area contributed by atoms with Gasteiger partial charge in [0.1, 0.15) is 5.60 Å². The molecule has 0 bridgehead atoms. The normalized spacial score (nSPS) is 11.7. The molecule has 74 valence electrons. The molecule has 0 aromatic carbocycles. The van der Waals surface area contributed by atoms with Crippen LogP contribution in [0.2, 0.25) is 0 Å². The molecule has 0 radical (unpaired) electrons.